The SMILES string of the molecule is CN=C(NCc1ccc(Cl)cc1OC)NCc1ccnc2ccccc12. The van der Waals surface area contributed by atoms with E-state index in [1.54, 1.807) is 20.2 Å². The minimum absolute atomic E-state index is 0.580. The molecule has 2 aromatic carbocycles. The standard InChI is InChI=1S/C20H21ClN4O/c1-22-20(25-13-15-7-8-16(21)11-19(15)26-2)24-12-14-9-10-23-18-6-4-3-5-17(14)18/h3-11H,12-13H2,1-2H3,(H2,22,24,25). The Morgan fingerprint density at radius 2 is 1.85 bits per heavy atom. The molecule has 0 spiro atoms. The number of benzene rings is 2. The van der Waals surface area contributed by atoms with Crippen LogP contribution in [0.3, 0.4) is 0 Å². The first kappa shape index (κ1) is 18.0. The lowest BCUT2D eigenvalue weighted by atomic mass is 10.1. The van der Waals surface area contributed by atoms with Crippen LogP contribution in [-0.2, 0) is 13.1 Å². The second-order valence-corrected chi connectivity index (χ2v) is 6.16. The first-order chi connectivity index (χ1) is 12.7. The van der Waals surface area contributed by atoms with Gasteiger partial charge in [-0.2, -0.15) is 0 Å². The van der Waals surface area contributed by atoms with Crippen LogP contribution >= 0.6 is 11.6 Å². The highest BCUT2D eigenvalue weighted by atomic mass is 35.5. The number of nitrogens with zero attached hydrogens (tertiary/aromatic N) is 2. The molecular weight excluding hydrogens is 348 g/mol. The Bertz CT molecular complexity index is 921. The molecule has 0 saturated heterocycles. The van der Waals surface area contributed by atoms with Crippen molar-refractivity contribution in [3.8, 4) is 5.75 Å². The summed E-state index contributed by atoms with van der Waals surface area (Å²) in [5.74, 6) is 1.46. The number of ether oxygens (including phenoxy) is 1. The zero-order valence-electron chi connectivity index (χ0n) is 14.8. The second kappa shape index (κ2) is 8.54. The third-order valence-electron chi connectivity index (χ3n) is 4.10. The number of hydrogen-bond acceptors (Lipinski definition) is 3. The van der Waals surface area contributed by atoms with Gasteiger partial charge < -0.3 is 15.4 Å². The van der Waals surface area contributed by atoms with E-state index in [9.17, 15) is 0 Å². The van der Waals surface area contributed by atoms with Gasteiger partial charge in [-0.3, -0.25) is 9.98 Å². The van der Waals surface area contributed by atoms with Crippen molar-refractivity contribution in [2.45, 2.75) is 13.1 Å². The van der Waals surface area contributed by atoms with E-state index in [-0.39, 0.29) is 0 Å². The predicted molar refractivity (Wildman–Crippen MR) is 107 cm³/mol. The summed E-state index contributed by atoms with van der Waals surface area (Å²) in [5, 5.41) is 8.43. The fraction of sp³-hybridized carbons (Fsp3) is 0.200. The first-order valence-electron chi connectivity index (χ1n) is 8.31. The summed E-state index contributed by atoms with van der Waals surface area (Å²) >= 11 is 6.01. The van der Waals surface area contributed by atoms with E-state index in [4.69, 9.17) is 16.3 Å². The van der Waals surface area contributed by atoms with Gasteiger partial charge >= 0.3 is 0 Å². The zero-order chi connectivity index (χ0) is 18.4. The summed E-state index contributed by atoms with van der Waals surface area (Å²) in [6, 6.07) is 15.7. The van der Waals surface area contributed by atoms with E-state index in [0.717, 1.165) is 22.2 Å². The smallest absolute Gasteiger partial charge is 0.191 e. The Morgan fingerprint density at radius 3 is 2.62 bits per heavy atom. The molecule has 0 aliphatic rings. The van der Waals surface area contributed by atoms with Crippen molar-refractivity contribution in [1.82, 2.24) is 15.6 Å². The highest BCUT2D eigenvalue weighted by Crippen LogP contribution is 2.22. The number of aromatic nitrogens is 1. The summed E-state index contributed by atoms with van der Waals surface area (Å²) in [7, 11) is 3.38. The highest BCUT2D eigenvalue weighted by Gasteiger charge is 2.06. The number of methoxy groups -OCH3 is 1. The Labute approximate surface area is 158 Å². The van der Waals surface area contributed by atoms with Gasteiger partial charge in [-0.25, -0.2) is 0 Å². The van der Waals surface area contributed by atoms with Crippen molar-refractivity contribution < 1.29 is 4.74 Å². The van der Waals surface area contributed by atoms with Gasteiger partial charge in [-0.05, 0) is 29.8 Å². The molecule has 1 aromatic heterocycles. The molecule has 26 heavy (non-hydrogen) atoms. The van der Waals surface area contributed by atoms with Gasteiger partial charge in [0.05, 0.1) is 12.6 Å². The van der Waals surface area contributed by atoms with Gasteiger partial charge in [0.15, 0.2) is 5.96 Å². The summed E-state index contributed by atoms with van der Waals surface area (Å²) in [4.78, 5) is 8.68. The number of aliphatic imine (C=N–C) groups is 1. The molecule has 5 nitrogen and oxygen atoms in total. The van der Waals surface area contributed by atoms with Crippen LogP contribution in [0.15, 0.2) is 59.7 Å². The Balaban J connectivity index is 1.65. The van der Waals surface area contributed by atoms with Crippen LogP contribution < -0.4 is 15.4 Å². The average molecular weight is 369 g/mol. The number of pyridine rings is 1. The summed E-state index contributed by atoms with van der Waals surface area (Å²) < 4.78 is 5.38. The van der Waals surface area contributed by atoms with Gasteiger partial charge in [0.1, 0.15) is 5.75 Å². The molecule has 134 valence electrons. The molecule has 0 bridgehead atoms. The Morgan fingerprint density at radius 1 is 1.08 bits per heavy atom. The number of halogens is 1. The molecule has 0 aliphatic carbocycles. The van der Waals surface area contributed by atoms with Crippen molar-refractivity contribution in [3.05, 3.63) is 70.9 Å². The number of nitrogens with one attached hydrogen (secondary N) is 2. The predicted octanol–water partition coefficient (Wildman–Crippen LogP) is 3.76. The van der Waals surface area contributed by atoms with Gasteiger partial charge in [0, 0.05) is 42.3 Å². The molecule has 0 amide bonds. The third kappa shape index (κ3) is 4.24. The number of rotatable bonds is 5. The van der Waals surface area contributed by atoms with Gasteiger partial charge in [0.2, 0.25) is 0 Å². The lowest BCUT2D eigenvalue weighted by Crippen LogP contribution is -2.36. The molecule has 1 heterocycles. The maximum absolute atomic E-state index is 6.01. The van der Waals surface area contributed by atoms with Crippen molar-refractivity contribution in [2.24, 2.45) is 4.99 Å². The van der Waals surface area contributed by atoms with Gasteiger partial charge in [0.25, 0.3) is 0 Å². The van der Waals surface area contributed by atoms with E-state index >= 15 is 0 Å². The fourth-order valence-corrected chi connectivity index (χ4v) is 2.91. The normalized spacial score (nSPS) is 11.4. The largest absolute Gasteiger partial charge is 0.496 e. The summed E-state index contributed by atoms with van der Waals surface area (Å²) in [6.07, 6.45) is 1.83. The van der Waals surface area contributed by atoms with Crippen LogP contribution in [-0.4, -0.2) is 25.1 Å². The molecule has 0 fully saturated rings. The van der Waals surface area contributed by atoms with Crippen LogP contribution in [0, 0.1) is 0 Å². The quantitative estimate of drug-likeness (QED) is 0.531. The third-order valence-corrected chi connectivity index (χ3v) is 4.34. The van der Waals surface area contributed by atoms with Crippen LogP contribution in [0.1, 0.15) is 11.1 Å². The van der Waals surface area contributed by atoms with Gasteiger partial charge in [-0.1, -0.05) is 35.9 Å². The minimum atomic E-state index is 0.580. The topological polar surface area (TPSA) is 58.5 Å². The average Bonchev–Trinajstić information content (AvgIpc) is 2.68. The molecule has 6 heteroatoms. The molecule has 3 aromatic rings. The van der Waals surface area contributed by atoms with Crippen LogP contribution in [0.25, 0.3) is 10.9 Å². The number of guanidine groups is 1. The van der Waals surface area contributed by atoms with Crippen molar-refractivity contribution in [2.75, 3.05) is 14.2 Å². The molecule has 0 aliphatic heterocycles. The van der Waals surface area contributed by atoms with E-state index < -0.39 is 0 Å². The maximum atomic E-state index is 6.01. The monoisotopic (exact) mass is 368 g/mol. The second-order valence-electron chi connectivity index (χ2n) is 5.72. The summed E-state index contributed by atoms with van der Waals surface area (Å²) in [6.45, 7) is 1.23. The van der Waals surface area contributed by atoms with E-state index in [0.29, 0.717) is 24.1 Å². The summed E-state index contributed by atoms with van der Waals surface area (Å²) in [5.41, 5.74) is 3.16. The maximum Gasteiger partial charge on any atom is 0.191 e. The number of fused-ring (bicyclic) bond motifs is 1. The molecule has 0 unspecified atom stereocenters. The Kier molecular flexibility index (Phi) is 5.92. The van der Waals surface area contributed by atoms with E-state index in [2.05, 4.69) is 26.7 Å². The molecule has 0 saturated carbocycles. The van der Waals surface area contributed by atoms with Crippen molar-refractivity contribution >= 4 is 28.5 Å². The molecule has 2 N–H and O–H groups in total. The van der Waals surface area contributed by atoms with E-state index in [1.165, 1.54) is 5.56 Å². The molecule has 3 rings (SSSR count). The highest BCUT2D eigenvalue weighted by molar-refractivity contribution is 6.30. The van der Waals surface area contributed by atoms with Crippen molar-refractivity contribution in [3.63, 3.8) is 0 Å². The fourth-order valence-electron chi connectivity index (χ4n) is 2.75. The van der Waals surface area contributed by atoms with Crippen LogP contribution in [0.2, 0.25) is 5.02 Å². The lowest BCUT2D eigenvalue weighted by molar-refractivity contribution is 0.409. The van der Waals surface area contributed by atoms with Crippen molar-refractivity contribution in [1.29, 1.82) is 0 Å². The van der Waals surface area contributed by atoms with Gasteiger partial charge in [-0.15, -0.1) is 0 Å². The molecular formula is C20H21ClN4O. The first-order valence-corrected chi connectivity index (χ1v) is 8.68. The van der Waals surface area contributed by atoms with E-state index in [1.807, 2.05) is 42.6 Å². The Hall–Kier alpha value is -2.79. The zero-order valence-corrected chi connectivity index (χ0v) is 15.5. The van der Waals surface area contributed by atoms with Crippen LogP contribution in [0.5, 0.6) is 5.75 Å². The molecule has 0 radical (unpaired) electrons. The number of para-hydroxylation sites is 1. The van der Waals surface area contributed by atoms with Crippen LogP contribution in [0.4, 0.5) is 0 Å². The number of hydrogen-bond donors (Lipinski definition) is 2. The lowest BCUT2D eigenvalue weighted by Gasteiger charge is -2.14. The minimum Gasteiger partial charge on any atom is -0.496 e. The molecule has 0 atom stereocenters.